The van der Waals surface area contributed by atoms with Crippen molar-refractivity contribution in [2.75, 3.05) is 11.6 Å². The Morgan fingerprint density at radius 3 is 2.90 bits per heavy atom. The lowest BCUT2D eigenvalue weighted by molar-refractivity contribution is 0.703. The molecule has 0 amide bonds. The average molecular weight is 301 g/mol. The zero-order valence-electron chi connectivity index (χ0n) is 11.8. The Labute approximate surface area is 129 Å². The van der Waals surface area contributed by atoms with E-state index < -0.39 is 0 Å². The minimum absolute atomic E-state index is 0.120. The van der Waals surface area contributed by atoms with Crippen molar-refractivity contribution in [2.24, 2.45) is 10.8 Å². The third-order valence-corrected chi connectivity index (χ3v) is 4.17. The fraction of sp³-hybridized carbons (Fsp3) is 0.250. The topological polar surface area (TPSA) is 54.5 Å². The quantitative estimate of drug-likeness (QED) is 0.946. The first kappa shape index (κ1) is 14.0. The first-order valence-corrected chi connectivity index (χ1v) is 7.29. The van der Waals surface area contributed by atoms with Crippen LogP contribution in [0.1, 0.15) is 23.6 Å². The van der Waals surface area contributed by atoms with Crippen LogP contribution in [0.4, 0.5) is 5.69 Å². The molecular formula is C16H17ClN4. The normalized spacial score (nSPS) is 18.0. The Morgan fingerprint density at radius 2 is 2.19 bits per heavy atom. The van der Waals surface area contributed by atoms with E-state index in [1.165, 1.54) is 0 Å². The molecule has 1 aromatic carbocycles. The van der Waals surface area contributed by atoms with Gasteiger partial charge in [-0.05, 0) is 36.2 Å². The Bertz CT molecular complexity index is 669. The Kier molecular flexibility index (Phi) is 3.90. The molecule has 0 fully saturated rings. The Morgan fingerprint density at radius 1 is 1.33 bits per heavy atom. The predicted octanol–water partition coefficient (Wildman–Crippen LogP) is 3.31. The Balaban J connectivity index is 2.04. The highest BCUT2D eigenvalue weighted by Gasteiger charge is 2.29. The summed E-state index contributed by atoms with van der Waals surface area (Å²) in [5.74, 6) is 0. The lowest BCUT2D eigenvalue weighted by atomic mass is 10.0. The number of hydrogen-bond acceptors (Lipinski definition) is 4. The number of hydrogen-bond donors (Lipinski definition) is 1. The fourth-order valence-electron chi connectivity index (χ4n) is 2.59. The number of anilines is 1. The van der Waals surface area contributed by atoms with E-state index in [1.54, 1.807) is 6.20 Å². The van der Waals surface area contributed by atoms with Gasteiger partial charge in [0.25, 0.3) is 0 Å². The van der Waals surface area contributed by atoms with Gasteiger partial charge in [0.2, 0.25) is 0 Å². The van der Waals surface area contributed by atoms with Crippen LogP contribution < -0.4 is 10.7 Å². The molecule has 0 bridgehead atoms. The summed E-state index contributed by atoms with van der Waals surface area (Å²) in [4.78, 5) is 4.21. The monoisotopic (exact) mass is 300 g/mol. The van der Waals surface area contributed by atoms with Crippen LogP contribution in [0.15, 0.2) is 47.8 Å². The number of hydrazone groups is 1. The summed E-state index contributed by atoms with van der Waals surface area (Å²) in [5.41, 5.74) is 9.94. The van der Waals surface area contributed by atoms with Crippen molar-refractivity contribution in [2.45, 2.75) is 19.4 Å². The smallest absolute Gasteiger partial charge is 0.0843 e. The maximum Gasteiger partial charge on any atom is 0.0843 e. The van der Waals surface area contributed by atoms with Crippen LogP contribution in [-0.2, 0) is 0 Å². The lowest BCUT2D eigenvalue weighted by Gasteiger charge is -2.25. The van der Waals surface area contributed by atoms with Gasteiger partial charge in [-0.1, -0.05) is 23.7 Å². The average Bonchev–Trinajstić information content (AvgIpc) is 2.95. The van der Waals surface area contributed by atoms with E-state index in [-0.39, 0.29) is 6.04 Å². The largest absolute Gasteiger partial charge is 0.325 e. The number of pyridine rings is 1. The summed E-state index contributed by atoms with van der Waals surface area (Å²) in [6, 6.07) is 10.0. The zero-order valence-corrected chi connectivity index (χ0v) is 12.6. The standard InChI is InChI=1S/C16H17ClN4/c1-11-14(17)5-2-6-15(11)21-16(8-13(9-18)20-21)12-4-3-7-19-10-12/h2-7,10,16H,8-9,18H2,1H3. The van der Waals surface area contributed by atoms with Crippen molar-refractivity contribution >= 4 is 23.0 Å². The molecule has 0 spiro atoms. The molecule has 2 N–H and O–H groups in total. The van der Waals surface area contributed by atoms with Gasteiger partial charge in [-0.15, -0.1) is 0 Å². The van der Waals surface area contributed by atoms with Crippen molar-refractivity contribution < 1.29 is 0 Å². The first-order chi connectivity index (χ1) is 10.2. The molecule has 5 heteroatoms. The van der Waals surface area contributed by atoms with Gasteiger partial charge in [-0.3, -0.25) is 9.99 Å². The number of rotatable bonds is 3. The van der Waals surface area contributed by atoms with Crippen molar-refractivity contribution in [1.29, 1.82) is 0 Å². The zero-order chi connectivity index (χ0) is 14.8. The summed E-state index contributed by atoms with van der Waals surface area (Å²) < 4.78 is 0. The molecule has 0 aliphatic carbocycles. The van der Waals surface area contributed by atoms with Crippen LogP contribution in [0, 0.1) is 6.92 Å². The molecule has 1 aliphatic rings. The SMILES string of the molecule is Cc1c(Cl)cccc1N1N=C(CN)CC1c1cccnc1. The van der Waals surface area contributed by atoms with Crippen LogP contribution >= 0.6 is 11.6 Å². The van der Waals surface area contributed by atoms with E-state index in [0.717, 1.165) is 34.0 Å². The minimum Gasteiger partial charge on any atom is -0.325 e. The lowest BCUT2D eigenvalue weighted by Crippen LogP contribution is -2.19. The maximum absolute atomic E-state index is 6.24. The number of nitrogens with two attached hydrogens (primary N) is 1. The second-order valence-corrected chi connectivity index (χ2v) is 5.51. The van der Waals surface area contributed by atoms with Crippen LogP contribution in [-0.4, -0.2) is 17.2 Å². The van der Waals surface area contributed by atoms with Gasteiger partial charge in [-0.2, -0.15) is 5.10 Å². The van der Waals surface area contributed by atoms with E-state index in [1.807, 2.05) is 42.4 Å². The van der Waals surface area contributed by atoms with Crippen molar-refractivity contribution in [1.82, 2.24) is 4.98 Å². The van der Waals surface area contributed by atoms with Crippen molar-refractivity contribution in [3.8, 4) is 0 Å². The molecule has 0 saturated heterocycles. The summed E-state index contributed by atoms with van der Waals surface area (Å²) in [6.45, 7) is 2.47. The molecule has 1 aromatic heterocycles. The van der Waals surface area contributed by atoms with Crippen LogP contribution in [0.5, 0.6) is 0 Å². The summed E-state index contributed by atoms with van der Waals surface area (Å²) >= 11 is 6.24. The van der Waals surface area contributed by atoms with Crippen LogP contribution in [0.2, 0.25) is 5.02 Å². The number of aromatic nitrogens is 1. The summed E-state index contributed by atoms with van der Waals surface area (Å²) in [6.07, 6.45) is 4.47. The molecule has 1 atom stereocenters. The molecule has 2 heterocycles. The molecule has 0 saturated carbocycles. The minimum atomic E-state index is 0.120. The van der Waals surface area contributed by atoms with Gasteiger partial charge in [-0.25, -0.2) is 0 Å². The maximum atomic E-state index is 6.24. The van der Waals surface area contributed by atoms with Gasteiger partial charge in [0, 0.05) is 30.4 Å². The molecule has 21 heavy (non-hydrogen) atoms. The molecular weight excluding hydrogens is 284 g/mol. The van der Waals surface area contributed by atoms with Crippen LogP contribution in [0.25, 0.3) is 0 Å². The molecule has 108 valence electrons. The second kappa shape index (κ2) is 5.84. The van der Waals surface area contributed by atoms with Gasteiger partial charge in [0.1, 0.15) is 0 Å². The molecule has 2 aromatic rings. The van der Waals surface area contributed by atoms with Gasteiger partial charge in [0.15, 0.2) is 0 Å². The highest BCUT2D eigenvalue weighted by molar-refractivity contribution is 6.31. The third-order valence-electron chi connectivity index (χ3n) is 3.76. The highest BCUT2D eigenvalue weighted by Crippen LogP contribution is 2.37. The van der Waals surface area contributed by atoms with Gasteiger partial charge in [0.05, 0.1) is 17.4 Å². The molecule has 3 rings (SSSR count). The Hall–Kier alpha value is -1.91. The van der Waals surface area contributed by atoms with E-state index in [4.69, 9.17) is 17.3 Å². The third kappa shape index (κ3) is 2.64. The molecule has 1 unspecified atom stereocenters. The second-order valence-electron chi connectivity index (χ2n) is 5.11. The first-order valence-electron chi connectivity index (χ1n) is 6.91. The van der Waals surface area contributed by atoms with E-state index in [9.17, 15) is 0 Å². The van der Waals surface area contributed by atoms with E-state index >= 15 is 0 Å². The van der Waals surface area contributed by atoms with Crippen LogP contribution in [0.3, 0.4) is 0 Å². The molecule has 4 nitrogen and oxygen atoms in total. The molecule has 0 radical (unpaired) electrons. The number of halogens is 1. The van der Waals surface area contributed by atoms with E-state index in [2.05, 4.69) is 16.2 Å². The fourth-order valence-corrected chi connectivity index (χ4v) is 2.76. The predicted molar refractivity (Wildman–Crippen MR) is 86.8 cm³/mol. The number of benzene rings is 1. The summed E-state index contributed by atoms with van der Waals surface area (Å²) in [7, 11) is 0. The summed E-state index contributed by atoms with van der Waals surface area (Å²) in [5, 5.41) is 7.43. The number of nitrogens with zero attached hydrogens (tertiary/aromatic N) is 3. The highest BCUT2D eigenvalue weighted by atomic mass is 35.5. The molecule has 1 aliphatic heterocycles. The van der Waals surface area contributed by atoms with Crippen molar-refractivity contribution in [3.63, 3.8) is 0 Å². The van der Waals surface area contributed by atoms with Gasteiger partial charge >= 0.3 is 0 Å². The van der Waals surface area contributed by atoms with Crippen molar-refractivity contribution in [3.05, 3.63) is 58.9 Å². The van der Waals surface area contributed by atoms with Gasteiger partial charge < -0.3 is 5.73 Å². The van der Waals surface area contributed by atoms with E-state index in [0.29, 0.717) is 6.54 Å².